The molecule has 1 heterocycles. The lowest BCUT2D eigenvalue weighted by atomic mass is 9.81. The summed E-state index contributed by atoms with van der Waals surface area (Å²) in [5, 5.41) is 7.83. The number of allylic oxidation sites excluding steroid dienone is 1. The fourth-order valence-electron chi connectivity index (χ4n) is 7.25. The molecule has 1 saturated heterocycles. The van der Waals surface area contributed by atoms with Crippen LogP contribution in [0.4, 0.5) is 13.6 Å². The molecule has 3 rings (SSSR count). The number of carbonyl (C=O) groups is 6. The number of ether oxygens (including phenoxy) is 1. The predicted octanol–water partition coefficient (Wildman–Crippen LogP) is 4.72. The van der Waals surface area contributed by atoms with Gasteiger partial charge in [0.2, 0.25) is 23.5 Å². The van der Waals surface area contributed by atoms with Crippen molar-refractivity contribution in [3.63, 3.8) is 0 Å². The van der Waals surface area contributed by atoms with Crippen molar-refractivity contribution in [1.82, 2.24) is 20.9 Å². The second-order valence-electron chi connectivity index (χ2n) is 16.8. The van der Waals surface area contributed by atoms with Crippen LogP contribution in [0.1, 0.15) is 107 Å². The number of hydrogen-bond donors (Lipinski definition) is 3. The molecule has 4 amide bonds. The van der Waals surface area contributed by atoms with E-state index in [0.717, 1.165) is 0 Å². The lowest BCUT2D eigenvalue weighted by Gasteiger charge is -2.38. The number of nitrogens with one attached hydrogen (secondary N) is 3. The van der Waals surface area contributed by atoms with Gasteiger partial charge in [0.1, 0.15) is 23.5 Å². The van der Waals surface area contributed by atoms with Crippen LogP contribution in [0.2, 0.25) is 0 Å². The Kier molecular flexibility index (Phi) is 12.5. The number of nitrogens with zero attached hydrogens (tertiary/aromatic N) is 1. The van der Waals surface area contributed by atoms with E-state index in [-0.39, 0.29) is 67.2 Å². The van der Waals surface area contributed by atoms with Gasteiger partial charge in [0.15, 0.2) is 0 Å². The maximum atomic E-state index is 14.3. The maximum Gasteiger partial charge on any atom is 0.408 e. The molecule has 5 atom stereocenters. The highest BCUT2D eigenvalue weighted by Crippen LogP contribution is 2.65. The van der Waals surface area contributed by atoms with Crippen molar-refractivity contribution in [3.05, 3.63) is 12.7 Å². The third-order valence-corrected chi connectivity index (χ3v) is 9.86. The second-order valence-corrected chi connectivity index (χ2v) is 16.8. The number of halogens is 2. The Morgan fingerprint density at radius 1 is 1.00 bits per heavy atom. The highest BCUT2D eigenvalue weighted by Gasteiger charge is 2.70. The fourth-order valence-corrected chi connectivity index (χ4v) is 7.25. The van der Waals surface area contributed by atoms with Gasteiger partial charge in [-0.1, -0.05) is 40.7 Å². The quantitative estimate of drug-likeness (QED) is 0.176. The normalized spacial score (nSPS) is 24.1. The van der Waals surface area contributed by atoms with Gasteiger partial charge < -0.3 is 25.6 Å². The molecule has 1 unspecified atom stereocenters. The Morgan fingerprint density at radius 3 is 2.16 bits per heavy atom. The number of fused-ring (bicyclic) bond motifs is 1. The molecule has 3 aliphatic rings. The van der Waals surface area contributed by atoms with Crippen molar-refractivity contribution in [2.75, 3.05) is 13.1 Å². The third kappa shape index (κ3) is 10.8. The summed E-state index contributed by atoms with van der Waals surface area (Å²) in [4.78, 5) is 81.0. The zero-order valence-electron chi connectivity index (χ0n) is 30.4. The van der Waals surface area contributed by atoms with Crippen LogP contribution in [-0.4, -0.2) is 83.0 Å². The van der Waals surface area contributed by atoms with Gasteiger partial charge in [0.05, 0.1) is 6.04 Å². The van der Waals surface area contributed by atoms with E-state index in [0.29, 0.717) is 12.8 Å². The van der Waals surface area contributed by atoms with Crippen LogP contribution in [0, 0.1) is 28.6 Å². The van der Waals surface area contributed by atoms with Gasteiger partial charge in [-0.25, -0.2) is 13.6 Å². The van der Waals surface area contributed by atoms with Crippen LogP contribution < -0.4 is 16.0 Å². The molecule has 13 heteroatoms. The van der Waals surface area contributed by atoms with Crippen LogP contribution in [-0.2, 0) is 28.7 Å². The number of alkyl halides is 2. The molecule has 0 aromatic rings. The first-order chi connectivity index (χ1) is 22.5. The molecular formula is C36H56F2N4O7. The van der Waals surface area contributed by atoms with Crippen LogP contribution in [0.25, 0.3) is 0 Å². The lowest BCUT2D eigenvalue weighted by molar-refractivity contribution is -0.145. The van der Waals surface area contributed by atoms with E-state index >= 15 is 0 Å². The highest BCUT2D eigenvalue weighted by molar-refractivity contribution is 6.38. The molecule has 49 heavy (non-hydrogen) atoms. The SMILES string of the molecule is C=CCCC(NC(=O)[C@@H]1[C@@H]2[C@H](CN1C(=O)[C@@H](NC(=O)OC(C)(C)C)C1CCC(F)(F)CC1)C2(C)C)C(=O)C(=O)NCCC(=O)CC(C)(C)C. The molecule has 3 N–H and O–H groups in total. The first kappa shape index (κ1) is 40.1. The van der Waals surface area contributed by atoms with Crippen molar-refractivity contribution in [1.29, 1.82) is 0 Å². The molecule has 11 nitrogen and oxygen atoms in total. The predicted molar refractivity (Wildman–Crippen MR) is 179 cm³/mol. The average Bonchev–Trinajstić information content (AvgIpc) is 3.27. The minimum Gasteiger partial charge on any atom is -0.444 e. The molecule has 0 radical (unpaired) electrons. The number of hydrogen-bond acceptors (Lipinski definition) is 7. The van der Waals surface area contributed by atoms with Crippen LogP contribution >= 0.6 is 0 Å². The summed E-state index contributed by atoms with van der Waals surface area (Å²) >= 11 is 0. The van der Waals surface area contributed by atoms with Gasteiger partial charge >= 0.3 is 6.09 Å². The van der Waals surface area contributed by atoms with Crippen LogP contribution in [0.3, 0.4) is 0 Å². The molecule has 0 spiro atoms. The van der Waals surface area contributed by atoms with Gasteiger partial charge in [-0.05, 0) is 75.0 Å². The van der Waals surface area contributed by atoms with Crippen molar-refractivity contribution >= 4 is 35.4 Å². The molecule has 276 valence electrons. The van der Waals surface area contributed by atoms with E-state index in [1.54, 1.807) is 26.8 Å². The molecule has 1 aliphatic heterocycles. The smallest absolute Gasteiger partial charge is 0.408 e. The monoisotopic (exact) mass is 694 g/mol. The maximum absolute atomic E-state index is 14.3. The largest absolute Gasteiger partial charge is 0.444 e. The standard InChI is InChI=1S/C36H56F2N4O7/c1-10-11-12-24(28(44)30(46)39-18-15-22(43)19-33(2,3)4)40-29(45)27-25-23(35(25,8)9)20-42(27)31(47)26(41-32(48)49-34(5,6)7)21-13-16-36(37,38)17-14-21/h10,21,23-27H,1,11-20H2,2-9H3,(H,39,46)(H,40,45)(H,41,48)/t23-,24?,25-,26-,27-/m0/s1. The Labute approximate surface area is 289 Å². The Hall–Kier alpha value is -3.38. The zero-order chi connectivity index (χ0) is 37.1. The summed E-state index contributed by atoms with van der Waals surface area (Å²) in [6, 6.07) is -3.44. The van der Waals surface area contributed by atoms with E-state index in [1.165, 1.54) is 4.90 Å². The molecule has 2 aliphatic carbocycles. The average molecular weight is 695 g/mol. The number of likely N-dealkylation sites (tertiary alicyclic amines) is 1. The number of ketones is 2. The summed E-state index contributed by atoms with van der Waals surface area (Å²) in [5.74, 6) is -6.82. The van der Waals surface area contributed by atoms with Gasteiger partial charge in [0, 0.05) is 38.8 Å². The number of amides is 4. The molecule has 2 saturated carbocycles. The molecular weight excluding hydrogens is 638 g/mol. The summed E-state index contributed by atoms with van der Waals surface area (Å²) in [6.07, 6.45) is 0.610. The van der Waals surface area contributed by atoms with E-state index in [2.05, 4.69) is 22.5 Å². The second kappa shape index (κ2) is 15.2. The summed E-state index contributed by atoms with van der Waals surface area (Å²) in [7, 11) is 0. The van der Waals surface area contributed by atoms with E-state index in [9.17, 15) is 37.5 Å². The van der Waals surface area contributed by atoms with E-state index in [4.69, 9.17) is 4.74 Å². The van der Waals surface area contributed by atoms with Gasteiger partial charge in [-0.15, -0.1) is 6.58 Å². The molecule has 0 bridgehead atoms. The summed E-state index contributed by atoms with van der Waals surface area (Å²) < 4.78 is 33.6. The Morgan fingerprint density at radius 2 is 1.61 bits per heavy atom. The van der Waals surface area contributed by atoms with Crippen molar-refractivity contribution < 1.29 is 42.3 Å². The number of carbonyl (C=O) groups excluding carboxylic acids is 6. The Balaban J connectivity index is 1.80. The number of alkyl carbamates (subject to hydrolysis) is 1. The van der Waals surface area contributed by atoms with Crippen molar-refractivity contribution in [2.24, 2.45) is 28.6 Å². The lowest BCUT2D eigenvalue weighted by Crippen LogP contribution is -2.60. The van der Waals surface area contributed by atoms with Gasteiger partial charge in [-0.2, -0.15) is 0 Å². The topological polar surface area (TPSA) is 151 Å². The van der Waals surface area contributed by atoms with E-state index in [1.807, 2.05) is 34.6 Å². The van der Waals surface area contributed by atoms with Crippen molar-refractivity contribution in [2.45, 2.75) is 136 Å². The first-order valence-corrected chi connectivity index (χ1v) is 17.4. The summed E-state index contributed by atoms with van der Waals surface area (Å²) in [6.45, 7) is 18.6. The number of Topliss-reactive ketones (excluding diaryl/α,β-unsaturated/α-hetero) is 2. The van der Waals surface area contributed by atoms with Crippen LogP contribution in [0.15, 0.2) is 12.7 Å². The number of piperidine rings is 1. The molecule has 3 fully saturated rings. The minimum absolute atomic E-state index is 0.00268. The summed E-state index contributed by atoms with van der Waals surface area (Å²) in [5.41, 5.74) is -1.38. The van der Waals surface area contributed by atoms with Gasteiger partial charge in [-0.3, -0.25) is 24.0 Å². The highest BCUT2D eigenvalue weighted by atomic mass is 19.3. The minimum atomic E-state index is -2.86. The first-order valence-electron chi connectivity index (χ1n) is 17.4. The Bertz CT molecular complexity index is 1290. The third-order valence-electron chi connectivity index (χ3n) is 9.86. The molecule has 0 aromatic heterocycles. The van der Waals surface area contributed by atoms with E-state index < -0.39 is 78.0 Å². The van der Waals surface area contributed by atoms with Gasteiger partial charge in [0.25, 0.3) is 5.91 Å². The number of rotatable bonds is 14. The zero-order valence-corrected chi connectivity index (χ0v) is 30.4. The fraction of sp³-hybridized carbons (Fsp3) is 0.778. The van der Waals surface area contributed by atoms with Crippen LogP contribution in [0.5, 0.6) is 0 Å². The molecule has 0 aromatic carbocycles. The van der Waals surface area contributed by atoms with Crippen molar-refractivity contribution in [3.8, 4) is 0 Å².